The maximum absolute atomic E-state index is 12.7. The third kappa shape index (κ3) is 4.20. The van der Waals surface area contributed by atoms with Crippen LogP contribution in [0.15, 0.2) is 12.1 Å². The molecule has 1 aromatic heterocycles. The van der Waals surface area contributed by atoms with Crippen LogP contribution in [0, 0.1) is 10.1 Å². The number of pyridine rings is 1. The van der Waals surface area contributed by atoms with Crippen LogP contribution in [0.5, 0.6) is 0 Å². The second kappa shape index (κ2) is 5.74. The Labute approximate surface area is 119 Å². The number of rotatable bonds is 6. The van der Waals surface area contributed by atoms with E-state index >= 15 is 0 Å². The molecule has 1 aromatic rings. The molecular weight excluding hydrogens is 289 g/mol. The smallest absolute Gasteiger partial charge is 0.370 e. The minimum atomic E-state index is -4.38. The molecule has 0 unspecified atom stereocenters. The van der Waals surface area contributed by atoms with Gasteiger partial charge in [0.15, 0.2) is 0 Å². The van der Waals surface area contributed by atoms with Crippen LogP contribution in [0.25, 0.3) is 0 Å². The largest absolute Gasteiger partial charge is 0.405 e. The Balaban J connectivity index is 2.36. The SMILES string of the molecule is CCNc1cc([N+](=O)[O-])cc(N(CC(F)(F)F)C2CC2)n1. The average molecular weight is 304 g/mol. The van der Waals surface area contributed by atoms with Gasteiger partial charge < -0.3 is 10.2 Å². The van der Waals surface area contributed by atoms with Gasteiger partial charge in [-0.25, -0.2) is 4.98 Å². The molecule has 1 heterocycles. The maximum Gasteiger partial charge on any atom is 0.405 e. The summed E-state index contributed by atoms with van der Waals surface area (Å²) in [6.07, 6.45) is -3.11. The molecular formula is C12H15F3N4O2. The monoisotopic (exact) mass is 304 g/mol. The lowest BCUT2D eigenvalue weighted by Gasteiger charge is -2.25. The van der Waals surface area contributed by atoms with Gasteiger partial charge in [-0.2, -0.15) is 13.2 Å². The van der Waals surface area contributed by atoms with Gasteiger partial charge in [0.05, 0.1) is 17.1 Å². The molecule has 0 atom stereocenters. The minimum Gasteiger partial charge on any atom is -0.370 e. The van der Waals surface area contributed by atoms with Crippen molar-refractivity contribution in [1.82, 2.24) is 4.98 Å². The van der Waals surface area contributed by atoms with Crippen LogP contribution in [0.4, 0.5) is 30.5 Å². The van der Waals surface area contributed by atoms with Crippen LogP contribution >= 0.6 is 0 Å². The lowest BCUT2D eigenvalue weighted by atomic mass is 10.3. The fraction of sp³-hybridized carbons (Fsp3) is 0.583. The molecule has 0 radical (unpaired) electrons. The highest BCUT2D eigenvalue weighted by atomic mass is 19.4. The van der Waals surface area contributed by atoms with Crippen molar-refractivity contribution >= 4 is 17.3 Å². The van der Waals surface area contributed by atoms with E-state index in [0.29, 0.717) is 19.4 Å². The summed E-state index contributed by atoms with van der Waals surface area (Å²) >= 11 is 0. The van der Waals surface area contributed by atoms with E-state index in [1.807, 2.05) is 0 Å². The number of hydrogen-bond donors (Lipinski definition) is 1. The number of hydrogen-bond acceptors (Lipinski definition) is 5. The van der Waals surface area contributed by atoms with E-state index in [1.165, 1.54) is 6.07 Å². The third-order valence-corrected chi connectivity index (χ3v) is 3.00. The van der Waals surface area contributed by atoms with E-state index in [2.05, 4.69) is 10.3 Å². The van der Waals surface area contributed by atoms with Crippen molar-refractivity contribution in [2.75, 3.05) is 23.3 Å². The first-order valence-electron chi connectivity index (χ1n) is 6.54. The highest BCUT2D eigenvalue weighted by molar-refractivity contribution is 5.57. The third-order valence-electron chi connectivity index (χ3n) is 3.00. The average Bonchev–Trinajstić information content (AvgIpc) is 3.19. The van der Waals surface area contributed by atoms with Crippen molar-refractivity contribution in [3.05, 3.63) is 22.2 Å². The van der Waals surface area contributed by atoms with E-state index in [9.17, 15) is 23.3 Å². The lowest BCUT2D eigenvalue weighted by Crippen LogP contribution is -2.36. The first-order valence-corrected chi connectivity index (χ1v) is 6.54. The predicted molar refractivity (Wildman–Crippen MR) is 71.5 cm³/mol. The molecule has 0 bridgehead atoms. The molecule has 116 valence electrons. The second-order valence-corrected chi connectivity index (χ2v) is 4.83. The van der Waals surface area contributed by atoms with Crippen LogP contribution in [-0.2, 0) is 0 Å². The van der Waals surface area contributed by atoms with Gasteiger partial charge in [-0.3, -0.25) is 10.1 Å². The fourth-order valence-corrected chi connectivity index (χ4v) is 2.00. The molecule has 6 nitrogen and oxygen atoms in total. The van der Waals surface area contributed by atoms with Crippen molar-refractivity contribution in [3.63, 3.8) is 0 Å². The zero-order valence-electron chi connectivity index (χ0n) is 11.4. The zero-order chi connectivity index (χ0) is 15.6. The summed E-state index contributed by atoms with van der Waals surface area (Å²) in [5.41, 5.74) is -0.274. The Morgan fingerprint density at radius 1 is 1.48 bits per heavy atom. The molecule has 0 aliphatic heterocycles. The minimum absolute atomic E-state index is 0.0139. The van der Waals surface area contributed by atoms with Crippen molar-refractivity contribution in [1.29, 1.82) is 0 Å². The molecule has 1 fully saturated rings. The van der Waals surface area contributed by atoms with Crippen molar-refractivity contribution < 1.29 is 18.1 Å². The van der Waals surface area contributed by atoms with Crippen LogP contribution in [-0.4, -0.2) is 35.2 Å². The quantitative estimate of drug-likeness (QED) is 0.646. The standard InChI is InChI=1S/C12H15F3N4O2/c1-2-16-10-5-9(19(20)21)6-11(17-10)18(8-3-4-8)7-12(13,14)15/h5-6,8H,2-4,7H2,1H3,(H,16,17). The summed E-state index contributed by atoms with van der Waals surface area (Å²) in [5.74, 6) is 0.189. The Morgan fingerprint density at radius 2 is 2.14 bits per heavy atom. The first-order chi connectivity index (χ1) is 9.80. The van der Waals surface area contributed by atoms with E-state index in [4.69, 9.17) is 0 Å². The highest BCUT2D eigenvalue weighted by Crippen LogP contribution is 2.35. The molecule has 21 heavy (non-hydrogen) atoms. The van der Waals surface area contributed by atoms with Gasteiger partial charge >= 0.3 is 6.18 Å². The summed E-state index contributed by atoms with van der Waals surface area (Å²) in [7, 11) is 0. The number of aromatic nitrogens is 1. The van der Waals surface area contributed by atoms with Gasteiger partial charge in [0, 0.05) is 12.6 Å². The topological polar surface area (TPSA) is 71.3 Å². The van der Waals surface area contributed by atoms with Gasteiger partial charge in [-0.15, -0.1) is 0 Å². The van der Waals surface area contributed by atoms with Crippen LogP contribution in [0.2, 0.25) is 0 Å². The first kappa shape index (κ1) is 15.3. The summed E-state index contributed by atoms with van der Waals surface area (Å²) in [6, 6.07) is 2.05. The molecule has 1 aliphatic rings. The molecule has 2 rings (SSSR count). The summed E-state index contributed by atoms with van der Waals surface area (Å²) in [4.78, 5) is 15.4. The Kier molecular flexibility index (Phi) is 4.19. The fourth-order valence-electron chi connectivity index (χ4n) is 2.00. The molecule has 1 aliphatic carbocycles. The number of anilines is 2. The molecule has 0 amide bonds. The predicted octanol–water partition coefficient (Wildman–Crippen LogP) is 2.95. The Hall–Kier alpha value is -2.06. The van der Waals surface area contributed by atoms with Gasteiger partial charge in [-0.05, 0) is 19.8 Å². The number of nitro groups is 1. The van der Waals surface area contributed by atoms with Gasteiger partial charge in [0.1, 0.15) is 18.2 Å². The molecule has 1 saturated carbocycles. The van der Waals surface area contributed by atoms with Crippen molar-refractivity contribution in [2.45, 2.75) is 32.0 Å². The maximum atomic E-state index is 12.7. The molecule has 9 heteroatoms. The van der Waals surface area contributed by atoms with Crippen LogP contribution in [0.3, 0.4) is 0 Å². The van der Waals surface area contributed by atoms with E-state index in [0.717, 1.165) is 11.0 Å². The van der Waals surface area contributed by atoms with E-state index in [-0.39, 0.29) is 23.4 Å². The Bertz CT molecular complexity index is 532. The second-order valence-electron chi connectivity index (χ2n) is 4.83. The van der Waals surface area contributed by atoms with Crippen LogP contribution < -0.4 is 10.2 Å². The summed E-state index contributed by atoms with van der Waals surface area (Å²) in [6.45, 7) is 1.09. The molecule has 0 aromatic carbocycles. The van der Waals surface area contributed by atoms with Gasteiger partial charge in [0.25, 0.3) is 5.69 Å². The lowest BCUT2D eigenvalue weighted by molar-refractivity contribution is -0.384. The van der Waals surface area contributed by atoms with Crippen molar-refractivity contribution in [3.8, 4) is 0 Å². The highest BCUT2D eigenvalue weighted by Gasteiger charge is 2.39. The summed E-state index contributed by atoms with van der Waals surface area (Å²) < 4.78 is 38.0. The number of halogens is 3. The molecule has 1 N–H and O–H groups in total. The van der Waals surface area contributed by atoms with Gasteiger partial charge in [0.2, 0.25) is 0 Å². The summed E-state index contributed by atoms with van der Waals surface area (Å²) in [5, 5.41) is 13.7. The van der Waals surface area contributed by atoms with Crippen LogP contribution in [0.1, 0.15) is 19.8 Å². The molecule has 0 saturated heterocycles. The zero-order valence-corrected chi connectivity index (χ0v) is 11.4. The molecule has 0 spiro atoms. The van der Waals surface area contributed by atoms with Gasteiger partial charge in [-0.1, -0.05) is 0 Å². The van der Waals surface area contributed by atoms with E-state index < -0.39 is 17.6 Å². The number of nitrogens with one attached hydrogen (secondary N) is 1. The van der Waals surface area contributed by atoms with Crippen molar-refractivity contribution in [2.24, 2.45) is 0 Å². The Morgan fingerprint density at radius 3 is 2.62 bits per heavy atom. The normalized spacial score (nSPS) is 14.9. The van der Waals surface area contributed by atoms with E-state index in [1.54, 1.807) is 6.92 Å². The number of nitrogens with zero attached hydrogens (tertiary/aromatic N) is 3. The number of alkyl halides is 3.